The number of amides is 1. The summed E-state index contributed by atoms with van der Waals surface area (Å²) in [6.07, 6.45) is 4.86. The largest absolute Gasteiger partial charge is 0.494 e. The second-order valence-electron chi connectivity index (χ2n) is 11.4. The Kier molecular flexibility index (Phi) is 6.16. The Morgan fingerprint density at radius 1 is 1.26 bits per heavy atom. The topological polar surface area (TPSA) is 142 Å². The van der Waals surface area contributed by atoms with Crippen molar-refractivity contribution in [1.82, 2.24) is 40.3 Å². The third-order valence-electron chi connectivity index (χ3n) is 8.41. The molecule has 1 aliphatic carbocycles. The molecule has 5 aromatic rings. The van der Waals surface area contributed by atoms with Crippen molar-refractivity contribution in [3.05, 3.63) is 77.6 Å². The van der Waals surface area contributed by atoms with E-state index < -0.39 is 11.1 Å². The molecule has 0 bridgehead atoms. The lowest BCUT2D eigenvalue weighted by atomic mass is 9.87. The summed E-state index contributed by atoms with van der Waals surface area (Å²) >= 11 is 0. The number of hydrogen-bond donors (Lipinski definition) is 2. The average molecular weight is 585 g/mol. The number of halogens is 1. The zero-order chi connectivity index (χ0) is 29.9. The van der Waals surface area contributed by atoms with Gasteiger partial charge < -0.3 is 19.9 Å². The molecule has 1 aliphatic heterocycles. The van der Waals surface area contributed by atoms with Crippen LogP contribution in [-0.4, -0.2) is 66.2 Å². The Bertz CT molecular complexity index is 1850. The van der Waals surface area contributed by atoms with Crippen LogP contribution in [0.3, 0.4) is 0 Å². The number of ether oxygens (including phenoxy) is 2. The molecule has 2 aliphatic rings. The third kappa shape index (κ3) is 4.47. The normalized spacial score (nSPS) is 19.1. The maximum atomic E-state index is 13.8. The summed E-state index contributed by atoms with van der Waals surface area (Å²) in [6.45, 7) is 2.08. The van der Waals surface area contributed by atoms with Gasteiger partial charge in [-0.2, -0.15) is 5.10 Å². The monoisotopic (exact) mass is 584 g/mol. The first-order valence-corrected chi connectivity index (χ1v) is 13.9. The van der Waals surface area contributed by atoms with Gasteiger partial charge in [0.2, 0.25) is 0 Å². The number of carbonyl (C=O) groups excluding carboxylic acids is 1. The molecule has 220 valence electrons. The summed E-state index contributed by atoms with van der Waals surface area (Å²) in [6, 6.07) is 11.1. The molecule has 12 nitrogen and oxygen atoms in total. The van der Waals surface area contributed by atoms with Gasteiger partial charge in [0.25, 0.3) is 5.91 Å². The van der Waals surface area contributed by atoms with E-state index in [2.05, 4.69) is 25.9 Å². The smallest absolute Gasteiger partial charge is 0.251 e. The molecule has 43 heavy (non-hydrogen) atoms. The highest BCUT2D eigenvalue weighted by Crippen LogP contribution is 2.50. The Morgan fingerprint density at radius 2 is 2.05 bits per heavy atom. The van der Waals surface area contributed by atoms with Crippen LogP contribution in [0.4, 0.5) is 4.39 Å². The van der Waals surface area contributed by atoms with Crippen LogP contribution in [-0.2, 0) is 18.2 Å². The summed E-state index contributed by atoms with van der Waals surface area (Å²) in [7, 11) is 3.33. The molecular weight excluding hydrogens is 555 g/mol. The maximum Gasteiger partial charge on any atom is 0.251 e. The van der Waals surface area contributed by atoms with Gasteiger partial charge in [0.05, 0.1) is 19.3 Å². The number of nitrogens with zero attached hydrogens (tertiary/aromatic N) is 7. The van der Waals surface area contributed by atoms with E-state index in [1.807, 2.05) is 19.2 Å². The number of fused-ring (bicyclic) bond motifs is 2. The quantitative estimate of drug-likeness (QED) is 0.282. The van der Waals surface area contributed by atoms with Crippen LogP contribution in [0.1, 0.15) is 41.4 Å². The average Bonchev–Trinajstić information content (AvgIpc) is 3.41. The number of nitrogens with one attached hydrogen (secondary N) is 1. The number of benzene rings is 2. The summed E-state index contributed by atoms with van der Waals surface area (Å²) in [5.74, 6) is 0.106. The molecular formula is C30H29FN8O4. The Balaban J connectivity index is 1.29. The van der Waals surface area contributed by atoms with Crippen LogP contribution in [0.5, 0.6) is 11.5 Å². The van der Waals surface area contributed by atoms with E-state index in [1.165, 1.54) is 25.6 Å². The first kappa shape index (κ1) is 27.0. The van der Waals surface area contributed by atoms with Crippen LogP contribution in [0.15, 0.2) is 55.0 Å². The number of aromatic nitrogens is 7. The number of aliphatic hydroxyl groups is 1. The number of tetrazole rings is 1. The second-order valence-corrected chi connectivity index (χ2v) is 11.4. The number of rotatable bonds is 8. The van der Waals surface area contributed by atoms with Crippen LogP contribution >= 0.6 is 0 Å². The minimum atomic E-state index is -1.49. The highest BCUT2D eigenvalue weighted by Gasteiger charge is 2.49. The lowest BCUT2D eigenvalue weighted by Crippen LogP contribution is -2.43. The summed E-state index contributed by atoms with van der Waals surface area (Å²) in [4.78, 5) is 18.3. The van der Waals surface area contributed by atoms with Gasteiger partial charge in [0.15, 0.2) is 5.75 Å². The van der Waals surface area contributed by atoms with Crippen molar-refractivity contribution in [1.29, 1.82) is 0 Å². The number of aryl methyl sites for hydroxylation is 1. The molecule has 2 aromatic carbocycles. The third-order valence-corrected chi connectivity index (χ3v) is 8.41. The SMILES string of the molecule is COc1cc(C(=O)NCC(O)(c2cc3c(c(-c4ccc(F)cc4)n2)OC[C@]3(C)n2cnnn2)C2CC2)cc2cn(C)nc12. The molecule has 2 atom stereocenters. The molecule has 7 rings (SSSR count). The molecule has 1 unspecified atom stereocenters. The Hall–Kier alpha value is -4.91. The van der Waals surface area contributed by atoms with E-state index in [0.29, 0.717) is 39.5 Å². The van der Waals surface area contributed by atoms with Crippen molar-refractivity contribution in [3.63, 3.8) is 0 Å². The predicted molar refractivity (Wildman–Crippen MR) is 152 cm³/mol. The van der Waals surface area contributed by atoms with Crippen LogP contribution in [0.25, 0.3) is 22.2 Å². The summed E-state index contributed by atoms with van der Waals surface area (Å²) < 4.78 is 28.8. The minimum Gasteiger partial charge on any atom is -0.494 e. The second kappa shape index (κ2) is 9.83. The lowest BCUT2D eigenvalue weighted by molar-refractivity contribution is 0.00945. The van der Waals surface area contributed by atoms with Gasteiger partial charge in [0.1, 0.15) is 46.9 Å². The van der Waals surface area contributed by atoms with Crippen LogP contribution in [0.2, 0.25) is 0 Å². The van der Waals surface area contributed by atoms with E-state index in [0.717, 1.165) is 23.8 Å². The first-order chi connectivity index (χ1) is 20.7. The molecule has 0 spiro atoms. The molecule has 1 saturated carbocycles. The number of pyridine rings is 1. The Morgan fingerprint density at radius 3 is 2.74 bits per heavy atom. The fourth-order valence-electron chi connectivity index (χ4n) is 5.80. The molecule has 13 heteroatoms. The van der Waals surface area contributed by atoms with Crippen LogP contribution < -0.4 is 14.8 Å². The molecule has 4 heterocycles. The van der Waals surface area contributed by atoms with E-state index in [-0.39, 0.29) is 30.8 Å². The van der Waals surface area contributed by atoms with Gasteiger partial charge in [-0.25, -0.2) is 14.1 Å². The fraction of sp³-hybridized carbons (Fsp3) is 0.333. The molecule has 1 fully saturated rings. The fourth-order valence-corrected chi connectivity index (χ4v) is 5.80. The van der Waals surface area contributed by atoms with Gasteiger partial charge in [-0.1, -0.05) is 0 Å². The number of methoxy groups -OCH3 is 1. The van der Waals surface area contributed by atoms with Crippen molar-refractivity contribution in [2.24, 2.45) is 13.0 Å². The predicted octanol–water partition coefficient (Wildman–Crippen LogP) is 2.95. The minimum absolute atomic E-state index is 0.0824. The molecule has 0 saturated heterocycles. The van der Waals surface area contributed by atoms with Crippen molar-refractivity contribution in [3.8, 4) is 22.8 Å². The van der Waals surface area contributed by atoms with Gasteiger partial charge in [0, 0.05) is 35.3 Å². The van der Waals surface area contributed by atoms with Gasteiger partial charge in [-0.05, 0) is 78.6 Å². The van der Waals surface area contributed by atoms with E-state index in [1.54, 1.807) is 40.7 Å². The van der Waals surface area contributed by atoms with Crippen molar-refractivity contribution in [2.75, 3.05) is 20.3 Å². The maximum absolute atomic E-state index is 13.8. The molecule has 1 amide bonds. The van der Waals surface area contributed by atoms with Crippen molar-refractivity contribution >= 4 is 16.8 Å². The highest BCUT2D eigenvalue weighted by molar-refractivity contribution is 5.99. The van der Waals surface area contributed by atoms with Crippen LogP contribution in [0, 0.1) is 11.7 Å². The highest BCUT2D eigenvalue weighted by atomic mass is 19.1. The van der Waals surface area contributed by atoms with E-state index >= 15 is 0 Å². The zero-order valence-corrected chi connectivity index (χ0v) is 23.8. The first-order valence-electron chi connectivity index (χ1n) is 13.9. The molecule has 3 aromatic heterocycles. The molecule has 0 radical (unpaired) electrons. The van der Waals surface area contributed by atoms with Gasteiger partial charge in [-0.3, -0.25) is 9.48 Å². The van der Waals surface area contributed by atoms with E-state index in [4.69, 9.17) is 14.5 Å². The van der Waals surface area contributed by atoms with Gasteiger partial charge >= 0.3 is 0 Å². The summed E-state index contributed by atoms with van der Waals surface area (Å²) in [5, 5.41) is 32.1. The van der Waals surface area contributed by atoms with Crippen molar-refractivity contribution < 1.29 is 23.8 Å². The standard InChI is InChI=1S/C30H29FN8O4/c1-29(39-16-33-36-37-39)15-43-27-22(29)12-24(34-26(27)17-4-8-21(31)9-5-17)30(41,20-6-7-20)14-32-28(40)18-10-19-13-38(2)35-25(19)23(11-18)42-3/h4-5,8-13,16,20,41H,6-7,14-15H2,1-3H3,(H,32,40)/t29-,30?/m0/s1. The number of carbonyl (C=O) groups is 1. The van der Waals surface area contributed by atoms with E-state index in [9.17, 15) is 14.3 Å². The molecule has 2 N–H and O–H groups in total. The zero-order valence-electron chi connectivity index (χ0n) is 23.8. The Labute approximate surface area is 245 Å². The van der Waals surface area contributed by atoms with Crippen molar-refractivity contribution in [2.45, 2.75) is 30.9 Å². The summed E-state index contributed by atoms with van der Waals surface area (Å²) in [5.41, 5.74) is 0.921. The number of hydrogen-bond acceptors (Lipinski definition) is 9. The lowest BCUT2D eigenvalue weighted by Gasteiger charge is -2.30. The van der Waals surface area contributed by atoms with Gasteiger partial charge in [-0.15, -0.1) is 5.10 Å².